The van der Waals surface area contributed by atoms with Crippen LogP contribution in [0.25, 0.3) is 23.4 Å². The van der Waals surface area contributed by atoms with E-state index in [0.29, 0.717) is 0 Å². The molecule has 3 aromatic carbocycles. The predicted octanol–water partition coefficient (Wildman–Crippen LogP) is 6.42. The summed E-state index contributed by atoms with van der Waals surface area (Å²) in [6.07, 6.45) is 12.1. The van der Waals surface area contributed by atoms with E-state index in [2.05, 4.69) is 18.0 Å². The number of aliphatic hydroxyl groups is 1. The minimum absolute atomic E-state index is 0.211. The van der Waals surface area contributed by atoms with Gasteiger partial charge < -0.3 is 14.7 Å². The minimum Gasteiger partial charge on any atom is -0.466 e. The summed E-state index contributed by atoms with van der Waals surface area (Å²) < 4.78 is 20.5. The van der Waals surface area contributed by atoms with Gasteiger partial charge in [0.05, 0.1) is 12.5 Å². The van der Waals surface area contributed by atoms with Gasteiger partial charge in [-0.25, -0.2) is 9.18 Å². The lowest BCUT2D eigenvalue weighted by molar-refractivity contribution is -0.134. The zero-order valence-corrected chi connectivity index (χ0v) is 23.0. The maximum atomic E-state index is 15.8. The molecule has 206 valence electrons. The van der Waals surface area contributed by atoms with E-state index in [-0.39, 0.29) is 11.5 Å². The monoisotopic (exact) mass is 538 g/mol. The summed E-state index contributed by atoms with van der Waals surface area (Å²) in [6.45, 7) is 2.08. The van der Waals surface area contributed by atoms with Gasteiger partial charge in [0.15, 0.2) is 6.23 Å². The molecular weight excluding hydrogens is 503 g/mol. The van der Waals surface area contributed by atoms with Crippen molar-refractivity contribution in [1.82, 2.24) is 0 Å². The Labute approximate surface area is 234 Å². The van der Waals surface area contributed by atoms with E-state index in [0.717, 1.165) is 70.8 Å². The fourth-order valence-electron chi connectivity index (χ4n) is 5.59. The van der Waals surface area contributed by atoms with Gasteiger partial charge in [-0.15, -0.1) is 0 Å². The largest absolute Gasteiger partial charge is 0.466 e. The Kier molecular flexibility index (Phi) is 8.56. The Morgan fingerprint density at radius 1 is 1.10 bits per heavy atom. The van der Waals surface area contributed by atoms with E-state index < -0.39 is 18.0 Å². The van der Waals surface area contributed by atoms with Crippen molar-refractivity contribution in [3.63, 3.8) is 0 Å². The number of halogens is 1. The van der Waals surface area contributed by atoms with Crippen molar-refractivity contribution in [2.45, 2.75) is 51.7 Å². The first kappa shape index (κ1) is 27.5. The Morgan fingerprint density at radius 3 is 2.55 bits per heavy atom. The van der Waals surface area contributed by atoms with Crippen LogP contribution in [-0.2, 0) is 9.53 Å². The van der Waals surface area contributed by atoms with Crippen LogP contribution in [0.2, 0.25) is 0 Å². The van der Waals surface area contributed by atoms with Crippen LogP contribution in [0.15, 0.2) is 83.5 Å². The van der Waals surface area contributed by atoms with Gasteiger partial charge in [-0.05, 0) is 78.3 Å². The number of carbonyl (C=O) groups excluding carboxylic acids is 1. The number of esters is 1. The average molecular weight is 539 g/mol. The van der Waals surface area contributed by atoms with Crippen LogP contribution in [0.3, 0.4) is 0 Å². The summed E-state index contributed by atoms with van der Waals surface area (Å²) in [5.74, 6) is -0.644. The first-order valence-electron chi connectivity index (χ1n) is 14.0. The molecule has 0 amide bonds. The van der Waals surface area contributed by atoms with E-state index >= 15 is 4.39 Å². The lowest BCUT2D eigenvalue weighted by atomic mass is 9.85. The average Bonchev–Trinajstić information content (AvgIpc) is 2.97. The van der Waals surface area contributed by atoms with Gasteiger partial charge in [0, 0.05) is 34.4 Å². The van der Waals surface area contributed by atoms with Crippen molar-refractivity contribution in [3.05, 3.63) is 106 Å². The fourth-order valence-corrected chi connectivity index (χ4v) is 5.59. The number of fused-ring (bicyclic) bond motifs is 1. The van der Waals surface area contributed by atoms with Crippen molar-refractivity contribution < 1.29 is 19.0 Å². The van der Waals surface area contributed by atoms with Crippen LogP contribution in [0, 0.1) is 11.7 Å². The molecule has 1 fully saturated rings. The van der Waals surface area contributed by atoms with Gasteiger partial charge in [0.1, 0.15) is 5.82 Å². The SMILES string of the molecule is CC/C=C(/C1CCCCC1)N(c1cccc(/C=C/C(=O)OC)c1)C(O)c1ccc(-c2ccc3c(c2)=CN=3)cc1F. The summed E-state index contributed by atoms with van der Waals surface area (Å²) in [5, 5.41) is 13.9. The lowest BCUT2D eigenvalue weighted by Gasteiger charge is -2.38. The summed E-state index contributed by atoms with van der Waals surface area (Å²) in [6, 6.07) is 18.5. The number of carbonyl (C=O) groups is 1. The van der Waals surface area contributed by atoms with Crippen molar-refractivity contribution in [3.8, 4) is 11.1 Å². The normalized spacial score (nSPS) is 15.9. The second-order valence-electron chi connectivity index (χ2n) is 10.3. The molecule has 1 heterocycles. The predicted molar refractivity (Wildman–Crippen MR) is 157 cm³/mol. The molecule has 1 atom stereocenters. The third kappa shape index (κ3) is 5.92. The highest BCUT2D eigenvalue weighted by Crippen LogP contribution is 2.39. The molecule has 0 spiro atoms. The molecule has 0 bridgehead atoms. The highest BCUT2D eigenvalue weighted by atomic mass is 19.1. The number of ether oxygens (including phenoxy) is 1. The molecule has 0 radical (unpaired) electrons. The molecule has 1 aliphatic carbocycles. The molecule has 1 saturated carbocycles. The lowest BCUT2D eigenvalue weighted by Crippen LogP contribution is -2.33. The molecule has 40 heavy (non-hydrogen) atoms. The molecule has 3 aromatic rings. The zero-order chi connectivity index (χ0) is 28.1. The molecule has 5 nitrogen and oxygen atoms in total. The Bertz CT molecular complexity index is 1570. The van der Waals surface area contributed by atoms with Crippen LogP contribution in [0.5, 0.6) is 0 Å². The number of methoxy groups -OCH3 is 1. The van der Waals surface area contributed by atoms with Crippen LogP contribution >= 0.6 is 0 Å². The fraction of sp³-hybridized carbons (Fsp3) is 0.294. The first-order chi connectivity index (χ1) is 19.5. The third-order valence-corrected chi connectivity index (χ3v) is 7.70. The van der Waals surface area contributed by atoms with Crippen molar-refractivity contribution in [1.29, 1.82) is 0 Å². The van der Waals surface area contributed by atoms with E-state index in [4.69, 9.17) is 4.74 Å². The number of benzene rings is 3. The molecule has 0 aromatic heterocycles. The Morgan fingerprint density at radius 2 is 1.88 bits per heavy atom. The zero-order valence-electron chi connectivity index (χ0n) is 23.0. The minimum atomic E-state index is -1.24. The van der Waals surface area contributed by atoms with Gasteiger partial charge in [-0.3, -0.25) is 4.99 Å². The maximum absolute atomic E-state index is 15.8. The molecule has 1 aliphatic heterocycles. The smallest absolute Gasteiger partial charge is 0.330 e. The second kappa shape index (κ2) is 12.4. The van der Waals surface area contributed by atoms with Crippen LogP contribution in [-0.4, -0.2) is 18.2 Å². The third-order valence-electron chi connectivity index (χ3n) is 7.70. The van der Waals surface area contributed by atoms with E-state index in [1.165, 1.54) is 25.7 Å². The number of hydrogen-bond donors (Lipinski definition) is 1. The Balaban J connectivity index is 1.54. The molecule has 2 aliphatic rings. The van der Waals surface area contributed by atoms with Crippen LogP contribution in [0.1, 0.15) is 62.8 Å². The summed E-state index contributed by atoms with van der Waals surface area (Å²) in [4.78, 5) is 17.8. The van der Waals surface area contributed by atoms with Gasteiger partial charge in [0.25, 0.3) is 0 Å². The first-order valence-corrected chi connectivity index (χ1v) is 14.0. The highest BCUT2D eigenvalue weighted by Gasteiger charge is 2.30. The number of aliphatic hydroxyl groups excluding tert-OH is 1. The number of anilines is 1. The van der Waals surface area contributed by atoms with Gasteiger partial charge in [-0.2, -0.15) is 0 Å². The van der Waals surface area contributed by atoms with Crippen molar-refractivity contribution >= 4 is 23.9 Å². The molecule has 1 unspecified atom stereocenters. The molecular formula is C34H35FN2O3. The molecule has 1 N–H and O–H groups in total. The van der Waals surface area contributed by atoms with E-state index in [1.54, 1.807) is 18.3 Å². The van der Waals surface area contributed by atoms with Gasteiger partial charge in [-0.1, -0.05) is 62.6 Å². The van der Waals surface area contributed by atoms with Crippen LogP contribution in [0.4, 0.5) is 10.1 Å². The Hall–Kier alpha value is -4.03. The quantitative estimate of drug-likeness (QED) is 0.194. The maximum Gasteiger partial charge on any atom is 0.330 e. The van der Waals surface area contributed by atoms with Gasteiger partial charge in [0.2, 0.25) is 0 Å². The molecule has 0 saturated heterocycles. The van der Waals surface area contributed by atoms with Gasteiger partial charge >= 0.3 is 5.97 Å². The molecule has 6 heteroatoms. The number of allylic oxidation sites excluding steroid dienone is 2. The summed E-state index contributed by atoms with van der Waals surface area (Å²) in [7, 11) is 1.34. The highest BCUT2D eigenvalue weighted by molar-refractivity contribution is 5.87. The second-order valence-corrected chi connectivity index (χ2v) is 10.3. The topological polar surface area (TPSA) is 62.1 Å². The van der Waals surface area contributed by atoms with E-state index in [1.807, 2.05) is 53.4 Å². The number of nitrogens with zero attached hydrogens (tertiary/aromatic N) is 2. The van der Waals surface area contributed by atoms with E-state index in [9.17, 15) is 9.90 Å². The summed E-state index contributed by atoms with van der Waals surface area (Å²) in [5.41, 5.74) is 4.38. The summed E-state index contributed by atoms with van der Waals surface area (Å²) >= 11 is 0. The number of hydrogen-bond acceptors (Lipinski definition) is 5. The van der Waals surface area contributed by atoms with Crippen LogP contribution < -0.4 is 15.5 Å². The number of rotatable bonds is 9. The standard InChI is InChI=1S/C34H35FN2O3/c1-3-8-32(24-10-5-4-6-11-24)37(28-12-7-9-23(19-28)13-18-33(38)40-2)34(39)29-16-14-26(21-30(29)35)25-15-17-31-27(20-25)22-36-31/h7-9,12-22,24,34,39H,3-6,10-11H2,1-2H3/b18-13+,32-8-. The van der Waals surface area contributed by atoms with Crippen molar-refractivity contribution in [2.75, 3.05) is 12.0 Å². The van der Waals surface area contributed by atoms with Crippen molar-refractivity contribution in [2.24, 2.45) is 10.9 Å². The molecule has 5 rings (SSSR count).